The lowest BCUT2D eigenvalue weighted by atomic mass is 9.91. The molecule has 0 aliphatic carbocycles. The van der Waals surface area contributed by atoms with Crippen LogP contribution >= 0.6 is 0 Å². The third-order valence-corrected chi connectivity index (χ3v) is 2.99. The molecule has 0 saturated heterocycles. The van der Waals surface area contributed by atoms with Crippen LogP contribution in [0.25, 0.3) is 0 Å². The highest BCUT2D eigenvalue weighted by molar-refractivity contribution is 5.50. The molecule has 0 aromatic carbocycles. The van der Waals surface area contributed by atoms with Crippen LogP contribution in [0.4, 0.5) is 5.82 Å². The molecule has 0 unspecified atom stereocenters. The normalized spacial score (nSPS) is 25.1. The molecule has 1 aromatic heterocycles. The van der Waals surface area contributed by atoms with Crippen LogP contribution in [0.5, 0.6) is 0 Å². The summed E-state index contributed by atoms with van der Waals surface area (Å²) in [5, 5.41) is 17.2. The molecule has 2 N–H and O–H groups in total. The quantitative estimate of drug-likeness (QED) is 0.780. The summed E-state index contributed by atoms with van der Waals surface area (Å²) in [6, 6.07) is 0.759. The van der Waals surface area contributed by atoms with Crippen LogP contribution in [0.3, 0.4) is 0 Å². The van der Waals surface area contributed by atoms with E-state index in [0.717, 1.165) is 17.8 Å². The van der Waals surface area contributed by atoms with Crippen LogP contribution in [0.2, 0.25) is 0 Å². The maximum Gasteiger partial charge on any atom is 0.128 e. The second-order valence-corrected chi connectivity index (χ2v) is 4.65. The Hall–Kier alpha value is -1.03. The monoisotopic (exact) mass is 209 g/mol. The molecule has 4 heteroatoms. The fourth-order valence-electron chi connectivity index (χ4n) is 2.23. The highest BCUT2D eigenvalue weighted by atomic mass is 16.3. The van der Waals surface area contributed by atoms with Gasteiger partial charge in [-0.25, -0.2) is 4.68 Å². The maximum atomic E-state index is 9.34. The Bertz CT molecular complexity index is 346. The molecule has 84 valence electrons. The highest BCUT2D eigenvalue weighted by Crippen LogP contribution is 2.34. The van der Waals surface area contributed by atoms with E-state index in [2.05, 4.69) is 31.2 Å². The fourth-order valence-corrected chi connectivity index (χ4v) is 2.23. The molecule has 0 fully saturated rings. The largest absolute Gasteiger partial charge is 0.396 e. The zero-order valence-corrected chi connectivity index (χ0v) is 9.57. The van der Waals surface area contributed by atoms with Crippen molar-refractivity contribution in [2.24, 2.45) is 0 Å². The Balaban J connectivity index is 2.39. The molecule has 0 amide bonds. The molecule has 15 heavy (non-hydrogen) atoms. The summed E-state index contributed by atoms with van der Waals surface area (Å²) in [5.74, 6) is 1.33. The third kappa shape index (κ3) is 1.74. The molecule has 0 saturated carbocycles. The average molecular weight is 209 g/mol. The molecule has 1 aliphatic rings. The number of rotatable bonds is 2. The van der Waals surface area contributed by atoms with Crippen LogP contribution in [-0.4, -0.2) is 27.5 Å². The van der Waals surface area contributed by atoms with Crippen molar-refractivity contribution in [1.29, 1.82) is 0 Å². The van der Waals surface area contributed by atoms with Crippen molar-refractivity contribution >= 4 is 5.82 Å². The maximum absolute atomic E-state index is 9.34. The number of hydrogen-bond acceptors (Lipinski definition) is 3. The molecule has 2 rings (SSSR count). The molecule has 2 heterocycles. The summed E-state index contributed by atoms with van der Waals surface area (Å²) in [6.45, 7) is 6.58. The van der Waals surface area contributed by atoms with Gasteiger partial charge in [0.1, 0.15) is 5.82 Å². The Morgan fingerprint density at radius 1 is 1.67 bits per heavy atom. The number of fused-ring (bicyclic) bond motifs is 1. The van der Waals surface area contributed by atoms with E-state index in [9.17, 15) is 5.11 Å². The first-order valence-electron chi connectivity index (χ1n) is 5.58. The SMILES string of the molecule is CC(C)n1ncc2c1N[C@H](C)C[C@@H]2CO. The molecule has 4 nitrogen and oxygen atoms in total. The lowest BCUT2D eigenvalue weighted by Crippen LogP contribution is -2.28. The van der Waals surface area contributed by atoms with E-state index in [1.165, 1.54) is 0 Å². The van der Waals surface area contributed by atoms with Crippen molar-refractivity contribution in [1.82, 2.24) is 9.78 Å². The summed E-state index contributed by atoms with van der Waals surface area (Å²) < 4.78 is 1.99. The first-order valence-corrected chi connectivity index (χ1v) is 5.58. The standard InChI is InChI=1S/C11H19N3O/c1-7(2)14-11-10(5-12-14)9(6-15)4-8(3)13-11/h5,7-9,13,15H,4,6H2,1-3H3/t8-,9-/m1/s1. The average Bonchev–Trinajstić information content (AvgIpc) is 2.59. The Labute approximate surface area is 90.3 Å². The van der Waals surface area contributed by atoms with Crippen LogP contribution in [0.15, 0.2) is 6.20 Å². The predicted molar refractivity (Wildman–Crippen MR) is 60.1 cm³/mol. The minimum atomic E-state index is 0.211. The molecule has 1 aromatic rings. The van der Waals surface area contributed by atoms with Gasteiger partial charge in [0.2, 0.25) is 0 Å². The van der Waals surface area contributed by atoms with Gasteiger partial charge in [-0.1, -0.05) is 0 Å². The van der Waals surface area contributed by atoms with Gasteiger partial charge in [0, 0.05) is 23.6 Å². The summed E-state index contributed by atoms with van der Waals surface area (Å²) in [4.78, 5) is 0. The highest BCUT2D eigenvalue weighted by Gasteiger charge is 2.27. The van der Waals surface area contributed by atoms with Crippen LogP contribution in [0.1, 0.15) is 44.7 Å². The lowest BCUT2D eigenvalue weighted by Gasteiger charge is -2.29. The summed E-state index contributed by atoms with van der Waals surface area (Å²) in [7, 11) is 0. The van der Waals surface area contributed by atoms with Crippen molar-refractivity contribution in [3.05, 3.63) is 11.8 Å². The van der Waals surface area contributed by atoms with Crippen LogP contribution in [-0.2, 0) is 0 Å². The van der Waals surface area contributed by atoms with Crippen molar-refractivity contribution in [2.75, 3.05) is 11.9 Å². The smallest absolute Gasteiger partial charge is 0.128 e. The first kappa shape index (κ1) is 10.5. The molecular weight excluding hydrogens is 190 g/mol. The Kier molecular flexibility index (Phi) is 2.69. The molecule has 2 atom stereocenters. The Morgan fingerprint density at radius 2 is 2.40 bits per heavy atom. The summed E-state index contributed by atoms with van der Waals surface area (Å²) >= 11 is 0. The number of aromatic nitrogens is 2. The molecular formula is C11H19N3O. The molecule has 1 aliphatic heterocycles. The van der Waals surface area contributed by atoms with Gasteiger partial charge in [-0.05, 0) is 27.2 Å². The van der Waals surface area contributed by atoms with Crippen molar-refractivity contribution < 1.29 is 5.11 Å². The van der Waals surface area contributed by atoms with Crippen LogP contribution in [0, 0.1) is 0 Å². The van der Waals surface area contributed by atoms with Gasteiger partial charge in [0.15, 0.2) is 0 Å². The Morgan fingerprint density at radius 3 is 3.00 bits per heavy atom. The number of nitrogens with zero attached hydrogens (tertiary/aromatic N) is 2. The van der Waals surface area contributed by atoms with Gasteiger partial charge in [-0.2, -0.15) is 5.10 Å². The van der Waals surface area contributed by atoms with E-state index in [1.54, 1.807) is 0 Å². The number of aliphatic hydroxyl groups excluding tert-OH is 1. The predicted octanol–water partition coefficient (Wildman–Crippen LogP) is 1.74. The minimum Gasteiger partial charge on any atom is -0.396 e. The zero-order chi connectivity index (χ0) is 11.0. The van der Waals surface area contributed by atoms with Gasteiger partial charge in [0.05, 0.1) is 12.8 Å². The van der Waals surface area contributed by atoms with E-state index in [-0.39, 0.29) is 12.5 Å². The van der Waals surface area contributed by atoms with Gasteiger partial charge < -0.3 is 10.4 Å². The second kappa shape index (κ2) is 3.85. The molecule has 0 bridgehead atoms. The van der Waals surface area contributed by atoms with Gasteiger partial charge in [0.25, 0.3) is 0 Å². The second-order valence-electron chi connectivity index (χ2n) is 4.65. The van der Waals surface area contributed by atoms with E-state index in [4.69, 9.17) is 0 Å². The number of anilines is 1. The lowest BCUT2D eigenvalue weighted by molar-refractivity contribution is 0.253. The van der Waals surface area contributed by atoms with Crippen LogP contribution < -0.4 is 5.32 Å². The molecule has 0 radical (unpaired) electrons. The van der Waals surface area contributed by atoms with Crippen molar-refractivity contribution in [3.8, 4) is 0 Å². The number of hydrogen-bond donors (Lipinski definition) is 2. The van der Waals surface area contributed by atoms with Crippen molar-refractivity contribution in [2.45, 2.75) is 45.2 Å². The molecule has 0 spiro atoms. The van der Waals surface area contributed by atoms with Gasteiger partial charge in [-0.3, -0.25) is 0 Å². The van der Waals surface area contributed by atoms with Crippen molar-refractivity contribution in [3.63, 3.8) is 0 Å². The van der Waals surface area contributed by atoms with Gasteiger partial charge >= 0.3 is 0 Å². The number of aliphatic hydroxyl groups is 1. The van der Waals surface area contributed by atoms with E-state index >= 15 is 0 Å². The van der Waals surface area contributed by atoms with Gasteiger partial charge in [-0.15, -0.1) is 0 Å². The number of nitrogens with one attached hydrogen (secondary N) is 1. The zero-order valence-electron chi connectivity index (χ0n) is 9.57. The van der Waals surface area contributed by atoms with E-state index in [0.29, 0.717) is 12.1 Å². The summed E-state index contributed by atoms with van der Waals surface area (Å²) in [6.07, 6.45) is 2.86. The van der Waals surface area contributed by atoms with E-state index < -0.39 is 0 Å². The first-order chi connectivity index (χ1) is 7.13. The topological polar surface area (TPSA) is 50.1 Å². The minimum absolute atomic E-state index is 0.211. The fraction of sp³-hybridized carbons (Fsp3) is 0.727. The third-order valence-electron chi connectivity index (χ3n) is 2.99. The van der Waals surface area contributed by atoms with E-state index in [1.807, 2.05) is 10.9 Å². The summed E-state index contributed by atoms with van der Waals surface area (Å²) in [5.41, 5.74) is 1.16.